The molecule has 1 aliphatic rings. The third-order valence-electron chi connectivity index (χ3n) is 3.41. The lowest BCUT2D eigenvalue weighted by Gasteiger charge is -2.26. The molecular formula is C16H16N4O. The molecule has 1 aromatic carbocycles. The van der Waals surface area contributed by atoms with E-state index in [9.17, 15) is 4.79 Å². The summed E-state index contributed by atoms with van der Waals surface area (Å²) in [7, 11) is 0. The summed E-state index contributed by atoms with van der Waals surface area (Å²) in [6.07, 6.45) is 4.47. The number of nitrogens with one attached hydrogen (secondary N) is 1. The van der Waals surface area contributed by atoms with Crippen molar-refractivity contribution in [2.24, 2.45) is 0 Å². The first kappa shape index (κ1) is 14.6. The van der Waals surface area contributed by atoms with Gasteiger partial charge in [0.25, 0.3) is 5.91 Å². The maximum absolute atomic E-state index is 12.2. The van der Waals surface area contributed by atoms with Gasteiger partial charge in [-0.2, -0.15) is 10.5 Å². The number of amides is 1. The first-order chi connectivity index (χ1) is 10.3. The van der Waals surface area contributed by atoms with Crippen LogP contribution >= 0.6 is 0 Å². The predicted molar refractivity (Wildman–Crippen MR) is 78.9 cm³/mol. The molecule has 2 rings (SSSR count). The molecule has 21 heavy (non-hydrogen) atoms. The Morgan fingerprint density at radius 2 is 1.90 bits per heavy atom. The number of hydrogen-bond acceptors (Lipinski definition) is 4. The van der Waals surface area contributed by atoms with Crippen molar-refractivity contribution in [1.29, 1.82) is 10.5 Å². The largest absolute Gasteiger partial charge is 0.359 e. The number of rotatable bonds is 3. The van der Waals surface area contributed by atoms with Crippen LogP contribution in [0.1, 0.15) is 24.8 Å². The number of para-hydroxylation sites is 1. The molecule has 5 nitrogen and oxygen atoms in total. The van der Waals surface area contributed by atoms with Gasteiger partial charge in [-0.3, -0.25) is 4.79 Å². The summed E-state index contributed by atoms with van der Waals surface area (Å²) in [5.74, 6) is -0.251. The molecule has 1 aliphatic heterocycles. The van der Waals surface area contributed by atoms with Crippen LogP contribution in [0.5, 0.6) is 0 Å². The second-order valence-corrected chi connectivity index (χ2v) is 4.82. The van der Waals surface area contributed by atoms with Crippen LogP contribution in [0.2, 0.25) is 0 Å². The number of benzene rings is 1. The molecule has 0 aromatic heterocycles. The first-order valence-electron chi connectivity index (χ1n) is 6.91. The normalized spacial score (nSPS) is 15.0. The quantitative estimate of drug-likeness (QED) is 0.681. The molecule has 1 heterocycles. The van der Waals surface area contributed by atoms with E-state index >= 15 is 0 Å². The van der Waals surface area contributed by atoms with Gasteiger partial charge in [0.05, 0.1) is 11.3 Å². The van der Waals surface area contributed by atoms with Crippen molar-refractivity contribution in [2.45, 2.75) is 19.3 Å². The minimum Gasteiger partial charge on any atom is -0.359 e. The maximum atomic E-state index is 12.2. The molecule has 0 bridgehead atoms. The van der Waals surface area contributed by atoms with Crippen LogP contribution in [-0.2, 0) is 4.79 Å². The van der Waals surface area contributed by atoms with Gasteiger partial charge < -0.3 is 10.2 Å². The Bertz CT molecular complexity index is 630. The molecule has 1 fully saturated rings. The van der Waals surface area contributed by atoms with Crippen molar-refractivity contribution in [3.63, 3.8) is 0 Å². The third kappa shape index (κ3) is 3.61. The number of nitrogens with zero attached hydrogens (tertiary/aromatic N) is 3. The van der Waals surface area contributed by atoms with Gasteiger partial charge in [-0.1, -0.05) is 12.1 Å². The van der Waals surface area contributed by atoms with E-state index in [1.807, 2.05) is 6.07 Å². The van der Waals surface area contributed by atoms with Crippen LogP contribution in [-0.4, -0.2) is 23.9 Å². The molecule has 0 radical (unpaired) electrons. The van der Waals surface area contributed by atoms with E-state index in [2.05, 4.69) is 11.4 Å². The van der Waals surface area contributed by atoms with Crippen molar-refractivity contribution in [3.05, 3.63) is 41.6 Å². The summed E-state index contributed by atoms with van der Waals surface area (Å²) >= 11 is 0. The van der Waals surface area contributed by atoms with E-state index in [0.717, 1.165) is 19.3 Å². The zero-order chi connectivity index (χ0) is 15.1. The van der Waals surface area contributed by atoms with Crippen molar-refractivity contribution >= 4 is 11.6 Å². The number of anilines is 1. The fourth-order valence-electron chi connectivity index (χ4n) is 2.27. The predicted octanol–water partition coefficient (Wildman–Crippen LogP) is 2.39. The van der Waals surface area contributed by atoms with Gasteiger partial charge in [0.1, 0.15) is 17.7 Å². The van der Waals surface area contributed by atoms with Gasteiger partial charge in [-0.05, 0) is 31.4 Å². The highest BCUT2D eigenvalue weighted by atomic mass is 16.2. The van der Waals surface area contributed by atoms with Gasteiger partial charge in [0.2, 0.25) is 0 Å². The average Bonchev–Trinajstić information content (AvgIpc) is 2.56. The van der Waals surface area contributed by atoms with E-state index in [-0.39, 0.29) is 11.5 Å². The lowest BCUT2D eigenvalue weighted by molar-refractivity contribution is -0.127. The number of nitriles is 2. The van der Waals surface area contributed by atoms with Crippen molar-refractivity contribution in [2.75, 3.05) is 18.4 Å². The SMILES string of the molecule is N#C/C(=C/Nc1ccccc1C#N)C(=O)N1CCCCC1. The Morgan fingerprint density at radius 3 is 2.57 bits per heavy atom. The smallest absolute Gasteiger partial charge is 0.266 e. The Kier molecular flexibility index (Phi) is 4.95. The molecule has 5 heteroatoms. The van der Waals surface area contributed by atoms with Crippen LogP contribution in [0.4, 0.5) is 5.69 Å². The van der Waals surface area contributed by atoms with Crippen molar-refractivity contribution in [1.82, 2.24) is 4.90 Å². The molecule has 0 unspecified atom stereocenters. The van der Waals surface area contributed by atoms with Crippen molar-refractivity contribution < 1.29 is 4.79 Å². The minimum absolute atomic E-state index is 0.0599. The van der Waals surface area contributed by atoms with Crippen molar-refractivity contribution in [3.8, 4) is 12.1 Å². The summed E-state index contributed by atoms with van der Waals surface area (Å²) in [6, 6.07) is 10.9. The van der Waals surface area contributed by atoms with Crippen LogP contribution in [0.15, 0.2) is 36.0 Å². The third-order valence-corrected chi connectivity index (χ3v) is 3.41. The zero-order valence-corrected chi connectivity index (χ0v) is 11.7. The summed E-state index contributed by atoms with van der Waals surface area (Å²) in [5, 5.41) is 21.0. The molecule has 1 N–H and O–H groups in total. The second-order valence-electron chi connectivity index (χ2n) is 4.82. The fourth-order valence-corrected chi connectivity index (χ4v) is 2.27. The van der Waals surface area contributed by atoms with Gasteiger partial charge in [-0.15, -0.1) is 0 Å². The van der Waals surface area contributed by atoms with E-state index in [0.29, 0.717) is 24.3 Å². The first-order valence-corrected chi connectivity index (χ1v) is 6.91. The zero-order valence-electron chi connectivity index (χ0n) is 11.7. The van der Waals surface area contributed by atoms with Gasteiger partial charge >= 0.3 is 0 Å². The Balaban J connectivity index is 2.12. The minimum atomic E-state index is -0.251. The molecule has 0 saturated carbocycles. The van der Waals surface area contributed by atoms with E-state index in [4.69, 9.17) is 10.5 Å². The maximum Gasteiger partial charge on any atom is 0.266 e. The van der Waals surface area contributed by atoms with Gasteiger partial charge in [-0.25, -0.2) is 0 Å². The molecule has 1 aromatic rings. The Labute approximate surface area is 124 Å². The number of carbonyl (C=O) groups excluding carboxylic acids is 1. The highest BCUT2D eigenvalue weighted by Crippen LogP contribution is 2.15. The van der Waals surface area contributed by atoms with Crippen LogP contribution in [0, 0.1) is 22.7 Å². The summed E-state index contributed by atoms with van der Waals surface area (Å²) in [5.41, 5.74) is 1.11. The molecule has 1 saturated heterocycles. The summed E-state index contributed by atoms with van der Waals surface area (Å²) < 4.78 is 0. The lowest BCUT2D eigenvalue weighted by Crippen LogP contribution is -2.36. The lowest BCUT2D eigenvalue weighted by atomic mass is 10.1. The van der Waals surface area contributed by atoms with Crippen LogP contribution < -0.4 is 5.32 Å². The van der Waals surface area contributed by atoms with E-state index in [1.165, 1.54) is 6.20 Å². The number of hydrogen-bond donors (Lipinski definition) is 1. The molecule has 106 valence electrons. The van der Waals surface area contributed by atoms with Crippen LogP contribution in [0.25, 0.3) is 0 Å². The van der Waals surface area contributed by atoms with E-state index in [1.54, 1.807) is 29.2 Å². The molecule has 0 atom stereocenters. The Hall–Kier alpha value is -2.79. The second kappa shape index (κ2) is 7.12. The average molecular weight is 280 g/mol. The highest BCUT2D eigenvalue weighted by molar-refractivity contribution is 5.97. The standard InChI is InChI=1S/C16H16N4O/c17-10-13-6-2-3-7-15(13)19-12-14(11-18)16(21)20-8-4-1-5-9-20/h2-3,6-7,12,19H,1,4-5,8-9H2/b14-12-. The topological polar surface area (TPSA) is 79.9 Å². The molecule has 0 spiro atoms. The number of carbonyl (C=O) groups is 1. The number of piperidine rings is 1. The molecular weight excluding hydrogens is 264 g/mol. The highest BCUT2D eigenvalue weighted by Gasteiger charge is 2.20. The monoisotopic (exact) mass is 280 g/mol. The summed E-state index contributed by atoms with van der Waals surface area (Å²) in [6.45, 7) is 1.40. The van der Waals surface area contributed by atoms with Crippen LogP contribution in [0.3, 0.4) is 0 Å². The molecule has 0 aliphatic carbocycles. The molecule has 1 amide bonds. The van der Waals surface area contributed by atoms with E-state index < -0.39 is 0 Å². The van der Waals surface area contributed by atoms with Gasteiger partial charge in [0.15, 0.2) is 0 Å². The summed E-state index contributed by atoms with van der Waals surface area (Å²) in [4.78, 5) is 13.9. The Morgan fingerprint density at radius 1 is 1.19 bits per heavy atom. The number of likely N-dealkylation sites (tertiary alicyclic amines) is 1. The fraction of sp³-hybridized carbons (Fsp3) is 0.312. The van der Waals surface area contributed by atoms with Gasteiger partial charge in [0, 0.05) is 19.3 Å².